The first-order valence-corrected chi connectivity index (χ1v) is 11.7. The molecule has 2 aliphatic heterocycles. The van der Waals surface area contributed by atoms with E-state index in [-0.39, 0.29) is 0 Å². The van der Waals surface area contributed by atoms with Crippen LogP contribution in [0.25, 0.3) is 46.4 Å². The van der Waals surface area contributed by atoms with Crippen LogP contribution in [0, 0.1) is 0 Å². The van der Waals surface area contributed by atoms with Crippen LogP contribution in [0.15, 0.2) is 72.8 Å². The first kappa shape index (κ1) is 20.2. The van der Waals surface area contributed by atoms with Crippen LogP contribution in [-0.4, -0.2) is 25.0 Å². The van der Waals surface area contributed by atoms with Crippen LogP contribution in [-0.2, 0) is 18.3 Å². The van der Waals surface area contributed by atoms with Crippen molar-refractivity contribution in [3.63, 3.8) is 0 Å². The molecule has 0 amide bonds. The van der Waals surface area contributed by atoms with Crippen molar-refractivity contribution < 1.29 is 23.4 Å². The van der Waals surface area contributed by atoms with E-state index in [1.807, 2.05) is 60.7 Å². The average molecular weight is 469 g/mol. The van der Waals surface area contributed by atoms with Gasteiger partial charge in [-0.15, -0.1) is 0 Å². The third-order valence-corrected chi connectivity index (χ3v) is 5.88. The number of nitrogens with one attached hydrogen (secondary N) is 2. The van der Waals surface area contributed by atoms with Crippen molar-refractivity contribution in [1.29, 1.82) is 0 Å². The van der Waals surface area contributed by atoms with E-state index in [1.54, 1.807) is 12.1 Å². The minimum atomic E-state index is 0.369. The van der Waals surface area contributed by atoms with Crippen LogP contribution < -0.4 is 4.16 Å². The van der Waals surface area contributed by atoms with Crippen molar-refractivity contribution in [3.8, 4) is 5.75 Å². The normalized spacial score (nSPS) is 11.8. The summed E-state index contributed by atoms with van der Waals surface area (Å²) in [5.74, 6) is 0.369. The first-order chi connectivity index (χ1) is 15.6. The van der Waals surface area contributed by atoms with Crippen LogP contribution in [0.1, 0.15) is 22.8 Å². The Hall–Kier alpha value is -3.76. The molecular formula is C26H19N4OZn. The molecule has 3 aromatic heterocycles. The molecule has 0 aliphatic carbocycles. The molecule has 151 valence electrons. The molecule has 0 unspecified atom stereocenters. The zero-order valence-corrected chi connectivity index (χ0v) is 20.3. The summed E-state index contributed by atoms with van der Waals surface area (Å²) in [6, 6.07) is 23.7. The third kappa shape index (κ3) is 4.93. The number of nitrogens with zero attached hydrogens (tertiary/aromatic N) is 2. The number of fused-ring (bicyclic) bond motifs is 8. The molecule has 4 aromatic rings. The Labute approximate surface area is 194 Å². The Morgan fingerprint density at radius 2 is 0.969 bits per heavy atom. The summed E-state index contributed by atoms with van der Waals surface area (Å²) in [5, 5.41) is 8.83. The Morgan fingerprint density at radius 3 is 1.28 bits per heavy atom. The molecule has 5 heterocycles. The summed E-state index contributed by atoms with van der Waals surface area (Å²) in [6.07, 6.45) is 8.09. The van der Waals surface area contributed by atoms with Gasteiger partial charge in [0.25, 0.3) is 0 Å². The molecule has 0 atom stereocenters. The Morgan fingerprint density at radius 1 is 0.562 bits per heavy atom. The fourth-order valence-electron chi connectivity index (χ4n) is 3.50. The molecule has 32 heavy (non-hydrogen) atoms. The molecule has 6 rings (SSSR count). The van der Waals surface area contributed by atoms with E-state index in [0.29, 0.717) is 5.75 Å². The molecule has 0 saturated carbocycles. The minimum absolute atomic E-state index is 0.369. The summed E-state index contributed by atoms with van der Waals surface area (Å²) in [6.45, 7) is 0. The van der Waals surface area contributed by atoms with E-state index in [2.05, 4.69) is 44.2 Å². The molecule has 5 nitrogen and oxygen atoms in total. The Kier molecular flexibility index (Phi) is 5.53. The molecule has 0 saturated heterocycles. The van der Waals surface area contributed by atoms with Crippen LogP contribution in [0.4, 0.5) is 0 Å². The van der Waals surface area contributed by atoms with E-state index < -0.39 is 0 Å². The van der Waals surface area contributed by atoms with Crippen LogP contribution in [0.2, 0.25) is 0 Å². The van der Waals surface area contributed by atoms with Gasteiger partial charge in [-0.2, -0.15) is 0 Å². The summed E-state index contributed by atoms with van der Waals surface area (Å²) >= 11 is 1.11. The van der Waals surface area contributed by atoms with Crippen LogP contribution in [0.3, 0.4) is 0 Å². The number of phenols is 1. The molecule has 6 heteroatoms. The van der Waals surface area contributed by atoms with Crippen molar-refractivity contribution in [2.75, 3.05) is 0 Å². The van der Waals surface area contributed by atoms with Gasteiger partial charge < -0.3 is 9.97 Å². The van der Waals surface area contributed by atoms with Gasteiger partial charge in [0.05, 0.1) is 22.8 Å². The van der Waals surface area contributed by atoms with Gasteiger partial charge in [-0.05, 0) is 72.8 Å². The van der Waals surface area contributed by atoms with Crippen LogP contribution in [0.5, 0.6) is 5.75 Å². The number of aromatic nitrogens is 4. The van der Waals surface area contributed by atoms with Crippen molar-refractivity contribution in [2.24, 2.45) is 0 Å². The quantitative estimate of drug-likeness (QED) is 0.267. The van der Waals surface area contributed by atoms with Gasteiger partial charge in [0.1, 0.15) is 0 Å². The van der Waals surface area contributed by atoms with Gasteiger partial charge in [-0.25, -0.2) is 9.97 Å². The predicted octanol–water partition coefficient (Wildman–Crippen LogP) is 5.22. The van der Waals surface area contributed by atoms with Crippen molar-refractivity contribution >= 4 is 50.5 Å². The second kappa shape index (κ2) is 8.77. The summed E-state index contributed by atoms with van der Waals surface area (Å²) in [7, 11) is 0. The maximum absolute atomic E-state index is 8.83. The van der Waals surface area contributed by atoms with Crippen LogP contribution >= 0.6 is 0 Å². The Balaban J connectivity index is 0.000000230. The van der Waals surface area contributed by atoms with E-state index >= 15 is 0 Å². The summed E-state index contributed by atoms with van der Waals surface area (Å²) in [4.78, 5) is 16.0. The summed E-state index contributed by atoms with van der Waals surface area (Å²) < 4.78 is 1.21. The number of aromatic hydroxyl groups is 1. The average Bonchev–Trinajstić information content (AvgIpc) is 3.54. The predicted molar refractivity (Wildman–Crippen MR) is 127 cm³/mol. The molecule has 3 N–H and O–H groups in total. The molecule has 1 aromatic carbocycles. The number of hydrogen-bond acceptors (Lipinski definition) is 3. The molecule has 0 radical (unpaired) electrons. The van der Waals surface area contributed by atoms with Crippen molar-refractivity contribution in [3.05, 3.63) is 95.6 Å². The van der Waals surface area contributed by atoms with Gasteiger partial charge >= 0.3 is 57.6 Å². The fourth-order valence-corrected chi connectivity index (χ4v) is 4.22. The number of H-pyrrole nitrogens is 2. The van der Waals surface area contributed by atoms with Gasteiger partial charge in [-0.1, -0.05) is 0 Å². The van der Waals surface area contributed by atoms with Gasteiger partial charge in [-0.3, -0.25) is 0 Å². The summed E-state index contributed by atoms with van der Waals surface area (Å²) in [5.41, 5.74) is 7.86. The zero-order chi connectivity index (χ0) is 21.9. The van der Waals surface area contributed by atoms with E-state index in [0.717, 1.165) is 63.1 Å². The van der Waals surface area contributed by atoms with E-state index in [1.165, 1.54) is 4.16 Å². The first-order valence-electron chi connectivity index (χ1n) is 10.2. The van der Waals surface area contributed by atoms with Crippen molar-refractivity contribution in [1.82, 2.24) is 19.9 Å². The second-order valence-corrected chi connectivity index (χ2v) is 9.29. The SMILES string of the molecule is C1=Cc2cc3ccc(cc4nc(cc5ccc(cc1n2)[nH]5)C=C4)[nH]3.Oc1ccc[c]([Zn])c1. The number of rotatable bonds is 0. The van der Waals surface area contributed by atoms with Gasteiger partial charge in [0.2, 0.25) is 0 Å². The molecular weight excluding hydrogens is 450 g/mol. The third-order valence-electron chi connectivity index (χ3n) is 4.95. The molecule has 8 bridgehead atoms. The number of benzene rings is 1. The second-order valence-electron chi connectivity index (χ2n) is 7.58. The van der Waals surface area contributed by atoms with Gasteiger partial charge in [0, 0.05) is 22.1 Å². The standard InChI is InChI=1S/C20H14N4.C6H5O.Zn/c1-2-14-10-16-5-6-18(23-16)12-20-8-7-19(24-20)11-17-4-3-15(22-17)9-13(1)21-14;7-6-4-2-1-3-5-6;/h1-12,21,24H;1-2,4-5,7H;. The fraction of sp³-hybridized carbons (Fsp3) is 0. The number of hydrogen-bond donors (Lipinski definition) is 3. The molecule has 2 aliphatic rings. The number of phenolic OH excluding ortho intramolecular Hbond substituents is 1. The molecule has 0 fully saturated rings. The van der Waals surface area contributed by atoms with Crippen molar-refractivity contribution in [2.45, 2.75) is 0 Å². The van der Waals surface area contributed by atoms with E-state index in [9.17, 15) is 0 Å². The number of aromatic amines is 2. The maximum atomic E-state index is 8.83. The zero-order valence-electron chi connectivity index (χ0n) is 17.3. The van der Waals surface area contributed by atoms with Gasteiger partial charge in [0.15, 0.2) is 0 Å². The monoisotopic (exact) mass is 467 g/mol. The Bertz CT molecular complexity index is 1320. The molecule has 0 spiro atoms. The van der Waals surface area contributed by atoms with E-state index in [4.69, 9.17) is 5.11 Å². The topological polar surface area (TPSA) is 77.6 Å².